The highest BCUT2D eigenvalue weighted by atomic mass is 16.3. The van der Waals surface area contributed by atoms with Gasteiger partial charge in [-0.05, 0) is 29.5 Å². The average Bonchev–Trinajstić information content (AvgIpc) is 2.60. The molecule has 0 saturated heterocycles. The molecule has 24 heavy (non-hydrogen) atoms. The van der Waals surface area contributed by atoms with E-state index in [0.717, 1.165) is 28.7 Å². The number of hydrogen-bond acceptors (Lipinski definition) is 3. The van der Waals surface area contributed by atoms with Crippen LogP contribution >= 0.6 is 0 Å². The minimum absolute atomic E-state index is 0.0462. The zero-order valence-corrected chi connectivity index (χ0v) is 13.9. The number of carbonyl (C=O) groups excluding carboxylic acids is 1. The van der Waals surface area contributed by atoms with E-state index in [1.807, 2.05) is 36.4 Å². The van der Waals surface area contributed by atoms with E-state index in [0.29, 0.717) is 18.5 Å². The van der Waals surface area contributed by atoms with Gasteiger partial charge in [0.25, 0.3) is 0 Å². The number of phenolic OH excluding ortho intramolecular Hbond substituents is 2. The Hall–Kier alpha value is -2.75. The van der Waals surface area contributed by atoms with Crippen molar-refractivity contribution in [3.63, 3.8) is 0 Å². The van der Waals surface area contributed by atoms with Gasteiger partial charge in [-0.15, -0.1) is 0 Å². The summed E-state index contributed by atoms with van der Waals surface area (Å²) in [4.78, 5) is 13.3. The fourth-order valence-electron chi connectivity index (χ4n) is 3.16. The van der Waals surface area contributed by atoms with Gasteiger partial charge in [-0.25, -0.2) is 0 Å². The van der Waals surface area contributed by atoms with Crippen LogP contribution < -0.4 is 0 Å². The highest BCUT2D eigenvalue weighted by Gasteiger charge is 2.25. The van der Waals surface area contributed by atoms with Crippen molar-refractivity contribution in [2.24, 2.45) is 0 Å². The van der Waals surface area contributed by atoms with E-state index < -0.39 is 0 Å². The number of hydrogen-bond donors (Lipinski definition) is 2. The van der Waals surface area contributed by atoms with E-state index in [1.54, 1.807) is 11.9 Å². The van der Waals surface area contributed by atoms with Crippen molar-refractivity contribution in [1.82, 2.24) is 4.90 Å². The lowest BCUT2D eigenvalue weighted by atomic mass is 9.85. The van der Waals surface area contributed by atoms with Crippen molar-refractivity contribution < 1.29 is 15.0 Å². The van der Waals surface area contributed by atoms with Crippen molar-refractivity contribution in [3.05, 3.63) is 53.1 Å². The van der Waals surface area contributed by atoms with Crippen LogP contribution in [0.5, 0.6) is 11.5 Å². The second-order valence-electron chi connectivity index (χ2n) is 6.13. The summed E-state index contributed by atoms with van der Waals surface area (Å²) >= 11 is 0. The zero-order chi connectivity index (χ0) is 17.3. The molecular formula is C20H21NO3. The topological polar surface area (TPSA) is 60.8 Å². The monoisotopic (exact) mass is 323 g/mol. The maximum absolute atomic E-state index is 11.7. The van der Waals surface area contributed by atoms with Crippen LogP contribution in [0.2, 0.25) is 0 Å². The van der Waals surface area contributed by atoms with E-state index in [4.69, 9.17) is 0 Å². The lowest BCUT2D eigenvalue weighted by molar-refractivity contribution is -0.128. The minimum Gasteiger partial charge on any atom is -0.504 e. The number of carbonyl (C=O) groups is 1. The molecule has 1 aliphatic rings. The maximum Gasteiger partial charge on any atom is 0.219 e. The van der Waals surface area contributed by atoms with Crippen molar-refractivity contribution in [3.8, 4) is 22.6 Å². The SMILES string of the molecule is CC(=O)N(C)Cc1c2c(c(O)c(O)c1-c1ccccc1)CCC=C2. The third-order valence-corrected chi connectivity index (χ3v) is 4.54. The number of phenols is 2. The fraction of sp³-hybridized carbons (Fsp3) is 0.250. The van der Waals surface area contributed by atoms with E-state index in [9.17, 15) is 15.0 Å². The molecule has 2 N–H and O–H groups in total. The Morgan fingerprint density at radius 1 is 1.17 bits per heavy atom. The van der Waals surface area contributed by atoms with Crippen molar-refractivity contribution in [2.45, 2.75) is 26.3 Å². The summed E-state index contributed by atoms with van der Waals surface area (Å²) in [5.41, 5.74) is 3.93. The second kappa shape index (κ2) is 6.40. The first-order valence-corrected chi connectivity index (χ1v) is 8.04. The van der Waals surface area contributed by atoms with E-state index in [1.165, 1.54) is 6.92 Å². The Morgan fingerprint density at radius 3 is 2.54 bits per heavy atom. The van der Waals surface area contributed by atoms with Gasteiger partial charge < -0.3 is 15.1 Å². The standard InChI is InChI=1S/C20H21NO3/c1-13(22)21(2)12-17-15-10-6-7-11-16(15)19(23)20(24)18(17)14-8-4-3-5-9-14/h3-6,8-10,23-24H,7,11-12H2,1-2H3. The van der Waals surface area contributed by atoms with Crippen LogP contribution in [0.4, 0.5) is 0 Å². The largest absolute Gasteiger partial charge is 0.504 e. The number of amides is 1. The highest BCUT2D eigenvalue weighted by molar-refractivity contribution is 5.84. The fourth-order valence-corrected chi connectivity index (χ4v) is 3.16. The van der Waals surface area contributed by atoms with Crippen LogP contribution in [0.1, 0.15) is 30.0 Å². The lowest BCUT2D eigenvalue weighted by Crippen LogP contribution is -2.24. The molecule has 0 atom stereocenters. The molecule has 3 rings (SSSR count). The van der Waals surface area contributed by atoms with Gasteiger partial charge in [0.2, 0.25) is 5.91 Å². The van der Waals surface area contributed by atoms with Crippen molar-refractivity contribution in [2.75, 3.05) is 7.05 Å². The van der Waals surface area contributed by atoms with Crippen LogP contribution in [0, 0.1) is 0 Å². The van der Waals surface area contributed by atoms with Crippen molar-refractivity contribution >= 4 is 12.0 Å². The first-order chi connectivity index (χ1) is 11.5. The number of fused-ring (bicyclic) bond motifs is 1. The predicted molar refractivity (Wildman–Crippen MR) is 94.7 cm³/mol. The third kappa shape index (κ3) is 2.75. The summed E-state index contributed by atoms with van der Waals surface area (Å²) < 4.78 is 0. The normalized spacial score (nSPS) is 12.8. The minimum atomic E-state index is -0.109. The number of rotatable bonds is 3. The number of aromatic hydroxyl groups is 2. The van der Waals surface area contributed by atoms with E-state index in [2.05, 4.69) is 6.08 Å². The highest BCUT2D eigenvalue weighted by Crippen LogP contribution is 2.46. The van der Waals surface area contributed by atoms with Gasteiger partial charge in [0.05, 0.1) is 0 Å². The molecule has 0 saturated carbocycles. The Morgan fingerprint density at radius 2 is 1.88 bits per heavy atom. The van der Waals surface area contributed by atoms with Crippen LogP contribution in [0.3, 0.4) is 0 Å². The maximum atomic E-state index is 11.7. The van der Waals surface area contributed by atoms with Gasteiger partial charge in [0, 0.05) is 31.6 Å². The Bertz CT molecular complexity index is 810. The van der Waals surface area contributed by atoms with Gasteiger partial charge in [-0.2, -0.15) is 0 Å². The number of nitrogens with zero attached hydrogens (tertiary/aromatic N) is 1. The summed E-state index contributed by atoms with van der Waals surface area (Å²) in [6, 6.07) is 9.47. The van der Waals surface area contributed by atoms with Crippen LogP contribution in [0.15, 0.2) is 36.4 Å². The summed E-state index contributed by atoms with van der Waals surface area (Å²) in [5.74, 6) is -0.209. The molecule has 0 fully saturated rings. The van der Waals surface area contributed by atoms with Crippen LogP contribution in [-0.2, 0) is 17.8 Å². The van der Waals surface area contributed by atoms with Crippen LogP contribution in [0.25, 0.3) is 17.2 Å². The molecule has 0 radical (unpaired) electrons. The summed E-state index contributed by atoms with van der Waals surface area (Å²) in [6.45, 7) is 1.89. The molecule has 0 heterocycles. The molecule has 2 aromatic carbocycles. The average molecular weight is 323 g/mol. The summed E-state index contributed by atoms with van der Waals surface area (Å²) in [5, 5.41) is 21.2. The van der Waals surface area contributed by atoms with Crippen LogP contribution in [-0.4, -0.2) is 28.1 Å². The van der Waals surface area contributed by atoms with Gasteiger partial charge >= 0.3 is 0 Å². The lowest BCUT2D eigenvalue weighted by Gasteiger charge is -2.25. The van der Waals surface area contributed by atoms with Gasteiger partial charge in [-0.1, -0.05) is 42.5 Å². The van der Waals surface area contributed by atoms with E-state index >= 15 is 0 Å². The summed E-state index contributed by atoms with van der Waals surface area (Å²) in [6.07, 6.45) is 5.54. The molecule has 1 aliphatic carbocycles. The first-order valence-electron chi connectivity index (χ1n) is 8.04. The molecule has 4 heteroatoms. The van der Waals surface area contributed by atoms with E-state index in [-0.39, 0.29) is 17.4 Å². The molecule has 0 bridgehead atoms. The molecule has 1 amide bonds. The quantitative estimate of drug-likeness (QED) is 0.847. The molecule has 124 valence electrons. The zero-order valence-electron chi connectivity index (χ0n) is 13.9. The molecule has 0 unspecified atom stereocenters. The molecule has 0 aliphatic heterocycles. The first kappa shape index (κ1) is 16.1. The Balaban J connectivity index is 2.29. The number of benzene rings is 2. The molecule has 0 spiro atoms. The van der Waals surface area contributed by atoms with Crippen molar-refractivity contribution in [1.29, 1.82) is 0 Å². The molecule has 2 aromatic rings. The predicted octanol–water partition coefficient (Wildman–Crippen LogP) is 3.70. The second-order valence-corrected chi connectivity index (χ2v) is 6.13. The smallest absolute Gasteiger partial charge is 0.219 e. The Labute approximate surface area is 141 Å². The summed E-state index contributed by atoms with van der Waals surface area (Å²) in [7, 11) is 1.74. The molecular weight excluding hydrogens is 302 g/mol. The molecule has 4 nitrogen and oxygen atoms in total. The van der Waals surface area contributed by atoms with Gasteiger partial charge in [-0.3, -0.25) is 4.79 Å². The van der Waals surface area contributed by atoms with Gasteiger partial charge in [0.1, 0.15) is 0 Å². The molecule has 0 aromatic heterocycles. The number of allylic oxidation sites excluding steroid dienone is 1. The third-order valence-electron chi connectivity index (χ3n) is 4.54. The van der Waals surface area contributed by atoms with Gasteiger partial charge in [0.15, 0.2) is 11.5 Å². The Kier molecular flexibility index (Phi) is 4.30.